The lowest BCUT2D eigenvalue weighted by Gasteiger charge is -2.14. The lowest BCUT2D eigenvalue weighted by molar-refractivity contribution is 0.968. The van der Waals surface area contributed by atoms with Crippen LogP contribution in [0.4, 0.5) is 0 Å². The summed E-state index contributed by atoms with van der Waals surface area (Å²) in [5, 5.41) is 8.67. The molecule has 0 aliphatic heterocycles. The number of aryl methyl sites for hydroxylation is 1. The lowest BCUT2D eigenvalue weighted by Crippen LogP contribution is -2.00. The monoisotopic (exact) mass is 580 g/mol. The van der Waals surface area contributed by atoms with Crippen molar-refractivity contribution >= 4 is 82.2 Å². The number of thiophene rings is 1. The van der Waals surface area contributed by atoms with Gasteiger partial charge in [0.1, 0.15) is 0 Å². The first-order chi connectivity index (χ1) is 21.7. The molecule has 2 nitrogen and oxygen atoms in total. The number of hydrogen-bond acceptors (Lipinski definition) is 2. The Balaban J connectivity index is 1.25. The molecule has 0 radical (unpaired) electrons. The van der Waals surface area contributed by atoms with E-state index >= 15 is 0 Å². The van der Waals surface area contributed by atoms with Gasteiger partial charge in [-0.3, -0.25) is 4.98 Å². The lowest BCUT2D eigenvalue weighted by atomic mass is 9.90. The second kappa shape index (κ2) is 9.63. The molecule has 0 amide bonds. The molecular weight excluding hydrogens is 553 g/mol. The van der Waals surface area contributed by atoms with Crippen LogP contribution < -0.4 is 0 Å². The molecule has 9 rings (SSSR count). The Hall–Kier alpha value is -5.25. The molecule has 44 heavy (non-hydrogen) atoms. The fourth-order valence-corrected chi connectivity index (χ4v) is 8.31. The summed E-state index contributed by atoms with van der Waals surface area (Å²) in [5.41, 5.74) is 9.57. The second-order valence-electron chi connectivity index (χ2n) is 11.5. The molecule has 0 bridgehead atoms. The van der Waals surface area contributed by atoms with Gasteiger partial charge in [-0.05, 0) is 93.6 Å². The van der Waals surface area contributed by atoms with Crippen LogP contribution in [0.25, 0.3) is 87.8 Å². The van der Waals surface area contributed by atoms with Gasteiger partial charge >= 0.3 is 0 Å². The summed E-state index contributed by atoms with van der Waals surface area (Å²) in [6.07, 6.45) is 12.7. The summed E-state index contributed by atoms with van der Waals surface area (Å²) >= 11 is 1.81. The highest BCUT2D eigenvalue weighted by molar-refractivity contribution is 7.25. The van der Waals surface area contributed by atoms with E-state index in [1.54, 1.807) is 0 Å². The van der Waals surface area contributed by atoms with Crippen LogP contribution in [0, 0.1) is 0 Å². The minimum Gasteiger partial charge on any atom is -0.310 e. The first-order valence-corrected chi connectivity index (χ1v) is 15.9. The van der Waals surface area contributed by atoms with Crippen molar-refractivity contribution in [3.63, 3.8) is 0 Å². The number of allylic oxidation sites excluding steroid dienone is 1. The molecule has 1 aliphatic carbocycles. The quantitative estimate of drug-likeness (QED) is 0.189. The molecule has 0 saturated carbocycles. The van der Waals surface area contributed by atoms with Crippen LogP contribution in [0.2, 0.25) is 0 Å². The fraction of sp³-hybridized carbons (Fsp3) is 0.0488. The van der Waals surface area contributed by atoms with Crippen LogP contribution in [-0.4, -0.2) is 9.55 Å². The van der Waals surface area contributed by atoms with Gasteiger partial charge < -0.3 is 4.57 Å². The molecule has 0 unspecified atom stereocenters. The van der Waals surface area contributed by atoms with E-state index in [-0.39, 0.29) is 0 Å². The van der Waals surface area contributed by atoms with E-state index in [1.165, 1.54) is 69.6 Å². The van der Waals surface area contributed by atoms with E-state index in [1.807, 2.05) is 29.7 Å². The number of rotatable bonds is 4. The van der Waals surface area contributed by atoms with Crippen LogP contribution >= 0.6 is 11.3 Å². The summed E-state index contributed by atoms with van der Waals surface area (Å²) in [7, 11) is 0. The van der Waals surface area contributed by atoms with Gasteiger partial charge in [0.2, 0.25) is 0 Å². The molecule has 3 aromatic heterocycles. The smallest absolute Gasteiger partial charge is 0.0709 e. The normalized spacial score (nSPS) is 12.9. The third kappa shape index (κ3) is 3.57. The largest absolute Gasteiger partial charge is 0.310 e. The number of benzene rings is 5. The number of fused-ring (bicyclic) bond motifs is 9. The van der Waals surface area contributed by atoms with Crippen LogP contribution in [0.5, 0.6) is 0 Å². The molecule has 3 heteroatoms. The molecule has 0 spiro atoms. The molecule has 3 heterocycles. The van der Waals surface area contributed by atoms with Gasteiger partial charge in [-0.15, -0.1) is 11.3 Å². The third-order valence-electron chi connectivity index (χ3n) is 9.27. The summed E-state index contributed by atoms with van der Waals surface area (Å²) in [5.74, 6) is 0. The van der Waals surface area contributed by atoms with Crippen molar-refractivity contribution in [1.82, 2.24) is 9.55 Å². The highest BCUT2D eigenvalue weighted by Gasteiger charge is 2.19. The standard InChI is InChI=1S/C41H28N2S/c1-3-27-28(4-2)31-19-17-25(21-34(31)30-12-6-5-11-29(27)30)37-23-36-35-22-26(18-20-40(35)44-41(36)24-42-37)43-38-15-9-7-13-32(38)33-14-8-10-16-39(33)43/h3-7,9-13,15-24H,1-2,8,14H2. The van der Waals surface area contributed by atoms with E-state index in [4.69, 9.17) is 4.98 Å². The molecule has 0 fully saturated rings. The topological polar surface area (TPSA) is 17.8 Å². The van der Waals surface area contributed by atoms with Crippen molar-refractivity contribution in [2.75, 3.05) is 0 Å². The van der Waals surface area contributed by atoms with Crippen molar-refractivity contribution in [2.24, 2.45) is 0 Å². The van der Waals surface area contributed by atoms with Gasteiger partial charge in [0.15, 0.2) is 0 Å². The van der Waals surface area contributed by atoms with Crippen molar-refractivity contribution in [1.29, 1.82) is 0 Å². The van der Waals surface area contributed by atoms with Gasteiger partial charge in [0.05, 0.1) is 15.9 Å². The Kier molecular flexibility index (Phi) is 5.53. The number of nitrogens with zero attached hydrogens (tertiary/aromatic N) is 2. The third-order valence-corrected chi connectivity index (χ3v) is 10.4. The van der Waals surface area contributed by atoms with E-state index in [0.29, 0.717) is 0 Å². The molecular formula is C41H28N2S. The van der Waals surface area contributed by atoms with Crippen LogP contribution in [0.1, 0.15) is 28.8 Å². The molecule has 0 atom stereocenters. The Morgan fingerprint density at radius 1 is 0.682 bits per heavy atom. The molecule has 1 aliphatic rings. The summed E-state index contributed by atoms with van der Waals surface area (Å²) in [4.78, 5) is 4.97. The van der Waals surface area contributed by atoms with E-state index < -0.39 is 0 Å². The van der Waals surface area contributed by atoms with Crippen molar-refractivity contribution in [3.05, 3.63) is 139 Å². The SMILES string of the molecule is C=Cc1c(C=C)c2ccc(-c3cc4c(cn3)sc3ccc(-n5c6c(c7ccccc75)CCC=C6)cc34)cc2c2ccccc12. The van der Waals surface area contributed by atoms with Crippen molar-refractivity contribution in [2.45, 2.75) is 12.8 Å². The number of para-hydroxylation sites is 1. The van der Waals surface area contributed by atoms with Crippen LogP contribution in [0.15, 0.2) is 116 Å². The molecule has 5 aromatic carbocycles. The maximum atomic E-state index is 4.97. The zero-order valence-corrected chi connectivity index (χ0v) is 25.0. The molecule has 0 N–H and O–H groups in total. The minimum atomic E-state index is 0.980. The van der Waals surface area contributed by atoms with Gasteiger partial charge in [-0.25, -0.2) is 0 Å². The highest BCUT2D eigenvalue weighted by atomic mass is 32.1. The van der Waals surface area contributed by atoms with Gasteiger partial charge in [0.25, 0.3) is 0 Å². The Morgan fingerprint density at radius 3 is 2.27 bits per heavy atom. The van der Waals surface area contributed by atoms with E-state index in [9.17, 15) is 0 Å². The average molecular weight is 581 g/mol. The Labute approximate surface area is 259 Å². The highest BCUT2D eigenvalue weighted by Crippen LogP contribution is 2.41. The van der Waals surface area contributed by atoms with Gasteiger partial charge in [0, 0.05) is 44.0 Å². The first kappa shape index (κ1) is 25.3. The number of aromatic nitrogens is 2. The molecule has 8 aromatic rings. The zero-order chi connectivity index (χ0) is 29.4. The van der Waals surface area contributed by atoms with Gasteiger partial charge in [-0.2, -0.15) is 0 Å². The summed E-state index contributed by atoms with van der Waals surface area (Å²) in [6, 6.07) is 33.3. The first-order valence-electron chi connectivity index (χ1n) is 15.1. The van der Waals surface area contributed by atoms with Crippen LogP contribution in [-0.2, 0) is 6.42 Å². The Morgan fingerprint density at radius 2 is 1.43 bits per heavy atom. The maximum Gasteiger partial charge on any atom is 0.0709 e. The maximum absolute atomic E-state index is 4.97. The summed E-state index contributed by atoms with van der Waals surface area (Å²) in [6.45, 7) is 8.24. The summed E-state index contributed by atoms with van der Waals surface area (Å²) < 4.78 is 4.92. The zero-order valence-electron chi connectivity index (χ0n) is 24.2. The minimum absolute atomic E-state index is 0.980. The molecule has 208 valence electrons. The van der Waals surface area contributed by atoms with Gasteiger partial charge in [-0.1, -0.05) is 86.0 Å². The van der Waals surface area contributed by atoms with Crippen LogP contribution in [0.3, 0.4) is 0 Å². The predicted molar refractivity (Wildman–Crippen MR) is 192 cm³/mol. The average Bonchev–Trinajstić information content (AvgIpc) is 3.62. The predicted octanol–water partition coefficient (Wildman–Crippen LogP) is 11.6. The van der Waals surface area contributed by atoms with E-state index in [0.717, 1.165) is 35.2 Å². The van der Waals surface area contributed by atoms with E-state index in [2.05, 4.69) is 121 Å². The second-order valence-corrected chi connectivity index (χ2v) is 12.6. The molecule has 0 saturated heterocycles. The number of hydrogen-bond donors (Lipinski definition) is 0. The van der Waals surface area contributed by atoms with Crippen molar-refractivity contribution < 1.29 is 0 Å². The fourth-order valence-electron chi connectivity index (χ4n) is 7.28. The number of pyridine rings is 1. The Bertz CT molecular complexity index is 2540. The van der Waals surface area contributed by atoms with Crippen molar-refractivity contribution in [3.8, 4) is 16.9 Å².